The average Bonchev–Trinajstić information content (AvgIpc) is 2.82. The van der Waals surface area contributed by atoms with E-state index in [1.165, 1.54) is 37.8 Å². The summed E-state index contributed by atoms with van der Waals surface area (Å²) in [5.41, 5.74) is 1.36. The summed E-state index contributed by atoms with van der Waals surface area (Å²) >= 11 is 0. The lowest BCUT2D eigenvalue weighted by Gasteiger charge is -2.57. The number of rotatable bonds is 4. The Morgan fingerprint density at radius 3 is 2.66 bits per heavy atom. The van der Waals surface area contributed by atoms with E-state index in [-0.39, 0.29) is 30.7 Å². The maximum atomic E-state index is 13.4. The first kappa shape index (κ1) is 25.6. The summed E-state index contributed by atoms with van der Waals surface area (Å²) in [5, 5.41) is 3.41. The van der Waals surface area contributed by atoms with Crippen LogP contribution < -0.4 is 10.1 Å². The third kappa shape index (κ3) is 5.22. The molecule has 0 spiro atoms. The van der Waals surface area contributed by atoms with E-state index >= 15 is 0 Å². The van der Waals surface area contributed by atoms with Crippen molar-refractivity contribution in [1.82, 2.24) is 15.1 Å². The van der Waals surface area contributed by atoms with Crippen LogP contribution >= 0.6 is 24.8 Å². The second-order valence-electron chi connectivity index (χ2n) is 9.95. The highest BCUT2D eigenvalue weighted by molar-refractivity contribution is 5.85. The Kier molecular flexibility index (Phi) is 9.14. The van der Waals surface area contributed by atoms with Crippen LogP contribution in [0.1, 0.15) is 44.1 Å². The molecule has 1 aromatic rings. The minimum atomic E-state index is 0. The monoisotopic (exact) mass is 483 g/mol. The van der Waals surface area contributed by atoms with Crippen molar-refractivity contribution in [3.05, 3.63) is 29.8 Å². The van der Waals surface area contributed by atoms with Gasteiger partial charge in [0.05, 0.1) is 7.11 Å². The van der Waals surface area contributed by atoms with E-state index in [0.717, 1.165) is 51.2 Å². The summed E-state index contributed by atoms with van der Waals surface area (Å²) in [5.74, 6) is 2.88. The Bertz CT molecular complexity index is 758. The van der Waals surface area contributed by atoms with Crippen LogP contribution in [0.25, 0.3) is 0 Å². The molecule has 1 amide bonds. The fraction of sp³-hybridized carbons (Fsp3) is 0.720. The van der Waals surface area contributed by atoms with Crippen LogP contribution in [0.3, 0.4) is 0 Å². The molecule has 0 aliphatic carbocycles. The van der Waals surface area contributed by atoms with E-state index < -0.39 is 0 Å². The predicted octanol–water partition coefficient (Wildman–Crippen LogP) is 3.78. The molecule has 5 rings (SSSR count). The third-order valence-electron chi connectivity index (χ3n) is 8.20. The average molecular weight is 485 g/mol. The van der Waals surface area contributed by atoms with Gasteiger partial charge in [-0.25, -0.2) is 0 Å². The number of ether oxygens (including phenoxy) is 1. The molecule has 32 heavy (non-hydrogen) atoms. The number of nitrogens with zero attached hydrogens (tertiary/aromatic N) is 2. The van der Waals surface area contributed by atoms with Crippen LogP contribution in [-0.4, -0.2) is 67.6 Å². The summed E-state index contributed by atoms with van der Waals surface area (Å²) < 4.78 is 5.48. The number of piperidine rings is 4. The number of nitrogens with one attached hydrogen (secondary N) is 1. The molecule has 0 saturated carbocycles. The first-order chi connectivity index (χ1) is 14.7. The normalized spacial score (nSPS) is 30.5. The Morgan fingerprint density at radius 2 is 1.88 bits per heavy atom. The summed E-state index contributed by atoms with van der Waals surface area (Å²) in [7, 11) is 1.75. The first-order valence-electron chi connectivity index (χ1n) is 12.1. The Labute approximate surface area is 205 Å². The molecule has 0 radical (unpaired) electrons. The predicted molar refractivity (Wildman–Crippen MR) is 133 cm³/mol. The Hall–Kier alpha value is -1.01. The zero-order valence-electron chi connectivity index (χ0n) is 19.2. The highest BCUT2D eigenvalue weighted by atomic mass is 35.5. The van der Waals surface area contributed by atoms with Gasteiger partial charge in [-0.05, 0) is 87.7 Å². The molecule has 4 aliphatic heterocycles. The largest absolute Gasteiger partial charge is 0.497 e. The van der Waals surface area contributed by atoms with Crippen molar-refractivity contribution in [2.24, 2.45) is 17.8 Å². The van der Waals surface area contributed by atoms with E-state index in [1.807, 2.05) is 6.07 Å². The van der Waals surface area contributed by atoms with Gasteiger partial charge in [0.2, 0.25) is 5.91 Å². The summed E-state index contributed by atoms with van der Waals surface area (Å²) in [6.07, 6.45) is 8.35. The van der Waals surface area contributed by atoms with Crippen LogP contribution in [-0.2, 0) is 11.2 Å². The van der Waals surface area contributed by atoms with Crippen molar-refractivity contribution in [2.75, 3.05) is 39.8 Å². The summed E-state index contributed by atoms with van der Waals surface area (Å²) in [6, 6.07) is 9.79. The molecule has 4 fully saturated rings. The van der Waals surface area contributed by atoms with Crippen LogP contribution in [0.4, 0.5) is 0 Å². The molecule has 2 bridgehead atoms. The molecular weight excluding hydrogens is 445 g/mol. The number of amides is 1. The van der Waals surface area contributed by atoms with Crippen LogP contribution in [0.2, 0.25) is 0 Å². The lowest BCUT2D eigenvalue weighted by atomic mass is 9.70. The van der Waals surface area contributed by atoms with Crippen molar-refractivity contribution >= 4 is 30.7 Å². The Morgan fingerprint density at radius 1 is 1.09 bits per heavy atom. The topological polar surface area (TPSA) is 44.8 Å². The maximum absolute atomic E-state index is 13.4. The number of hydrogen-bond acceptors (Lipinski definition) is 4. The summed E-state index contributed by atoms with van der Waals surface area (Å²) in [4.78, 5) is 18.5. The van der Waals surface area contributed by atoms with Gasteiger partial charge in [0.1, 0.15) is 5.75 Å². The SMILES string of the molecule is COc1cccc(C[C@H]2[C@H]3C[C@H](CN(C(=O)C4CCNCC4)C3)[C@@H]3CCCCN32)c1.Cl.Cl. The maximum Gasteiger partial charge on any atom is 0.225 e. The van der Waals surface area contributed by atoms with E-state index in [2.05, 4.69) is 33.3 Å². The molecule has 4 saturated heterocycles. The number of fused-ring (bicyclic) bond motifs is 4. The molecule has 4 heterocycles. The van der Waals surface area contributed by atoms with E-state index in [4.69, 9.17) is 4.74 Å². The van der Waals surface area contributed by atoms with Gasteiger partial charge < -0.3 is 15.0 Å². The first-order valence-corrected chi connectivity index (χ1v) is 12.1. The molecule has 4 atom stereocenters. The lowest BCUT2D eigenvalue weighted by Crippen LogP contribution is -2.65. The molecule has 180 valence electrons. The van der Waals surface area contributed by atoms with Crippen LogP contribution in [0.15, 0.2) is 24.3 Å². The number of likely N-dealkylation sites (tertiary alicyclic amines) is 1. The number of hydrogen-bond donors (Lipinski definition) is 1. The highest BCUT2D eigenvalue weighted by Crippen LogP contribution is 2.42. The third-order valence-corrected chi connectivity index (χ3v) is 8.20. The second kappa shape index (κ2) is 11.4. The number of carbonyl (C=O) groups is 1. The Balaban J connectivity index is 0.00000144. The number of carbonyl (C=O) groups excluding carboxylic acids is 1. The van der Waals surface area contributed by atoms with Crippen molar-refractivity contribution in [1.29, 1.82) is 0 Å². The quantitative estimate of drug-likeness (QED) is 0.707. The molecule has 5 nitrogen and oxygen atoms in total. The van der Waals surface area contributed by atoms with Gasteiger partial charge in [-0.3, -0.25) is 9.69 Å². The zero-order valence-corrected chi connectivity index (χ0v) is 20.8. The molecule has 4 aliphatic rings. The van der Waals surface area contributed by atoms with Gasteiger partial charge in [-0.2, -0.15) is 0 Å². The molecule has 1 aromatic carbocycles. The molecule has 0 unspecified atom stereocenters. The minimum Gasteiger partial charge on any atom is -0.497 e. The van der Waals surface area contributed by atoms with Gasteiger partial charge in [0.15, 0.2) is 0 Å². The van der Waals surface area contributed by atoms with Crippen LogP contribution in [0.5, 0.6) is 5.75 Å². The van der Waals surface area contributed by atoms with Crippen molar-refractivity contribution in [3.8, 4) is 5.75 Å². The lowest BCUT2D eigenvalue weighted by molar-refractivity contribution is -0.145. The molecule has 7 heteroatoms. The van der Waals surface area contributed by atoms with Gasteiger partial charge in [-0.1, -0.05) is 18.6 Å². The molecule has 0 aromatic heterocycles. The summed E-state index contributed by atoms with van der Waals surface area (Å²) in [6.45, 7) is 5.16. The van der Waals surface area contributed by atoms with E-state index in [1.54, 1.807) is 7.11 Å². The minimum absolute atomic E-state index is 0. The standard InChI is InChI=1S/C25H37N3O2.2ClH/c1-30-22-6-4-5-18(13-22)14-24-21-15-20(23-7-2-3-12-28(23)24)16-27(17-21)25(29)19-8-10-26-11-9-19;;/h4-6,13,19-21,23-24,26H,2-3,7-12,14-17H2,1H3;2*1H/t20-,21+,23+,24+;;/m1../s1. The fourth-order valence-corrected chi connectivity index (χ4v) is 6.74. The van der Waals surface area contributed by atoms with Crippen molar-refractivity contribution in [2.45, 2.75) is 57.0 Å². The second-order valence-corrected chi connectivity index (χ2v) is 9.95. The molecule has 1 N–H and O–H groups in total. The van der Waals surface area contributed by atoms with Crippen molar-refractivity contribution in [3.63, 3.8) is 0 Å². The number of benzene rings is 1. The smallest absolute Gasteiger partial charge is 0.225 e. The van der Waals surface area contributed by atoms with Gasteiger partial charge in [-0.15, -0.1) is 24.8 Å². The van der Waals surface area contributed by atoms with E-state index in [0.29, 0.717) is 29.8 Å². The highest BCUT2D eigenvalue weighted by Gasteiger charge is 2.48. The van der Waals surface area contributed by atoms with Gasteiger partial charge in [0.25, 0.3) is 0 Å². The molecular formula is C25H39Cl2N3O2. The van der Waals surface area contributed by atoms with Crippen molar-refractivity contribution < 1.29 is 9.53 Å². The van der Waals surface area contributed by atoms with Gasteiger partial charge in [0, 0.05) is 31.1 Å². The van der Waals surface area contributed by atoms with Gasteiger partial charge >= 0.3 is 0 Å². The zero-order chi connectivity index (χ0) is 20.5. The number of methoxy groups -OCH3 is 1. The number of halogens is 2. The fourth-order valence-electron chi connectivity index (χ4n) is 6.74. The van der Waals surface area contributed by atoms with Crippen LogP contribution in [0, 0.1) is 17.8 Å². The van der Waals surface area contributed by atoms with E-state index in [9.17, 15) is 4.79 Å².